The topological polar surface area (TPSA) is 79.0 Å². The molecule has 2 atom stereocenters. The maximum Gasteiger partial charge on any atom is 0.416 e. The quantitative estimate of drug-likeness (QED) is 0.591. The van der Waals surface area contributed by atoms with Gasteiger partial charge in [0.25, 0.3) is 5.91 Å². The lowest BCUT2D eigenvalue weighted by Crippen LogP contribution is -2.46. The van der Waals surface area contributed by atoms with Gasteiger partial charge >= 0.3 is 12.2 Å². The van der Waals surface area contributed by atoms with E-state index in [9.17, 15) is 27.6 Å². The van der Waals surface area contributed by atoms with Crippen molar-refractivity contribution in [1.29, 1.82) is 0 Å². The molecule has 1 aliphatic heterocycles. The summed E-state index contributed by atoms with van der Waals surface area (Å²) in [6.45, 7) is 2.71. The van der Waals surface area contributed by atoms with E-state index >= 15 is 0 Å². The van der Waals surface area contributed by atoms with Crippen LogP contribution in [0, 0.1) is 0 Å². The number of ether oxygens (including phenoxy) is 1. The summed E-state index contributed by atoms with van der Waals surface area (Å²) in [5, 5.41) is 2.66. The zero-order chi connectivity index (χ0) is 25.5. The van der Waals surface area contributed by atoms with Gasteiger partial charge in [0.05, 0.1) is 18.7 Å². The van der Waals surface area contributed by atoms with Crippen LogP contribution in [-0.2, 0) is 21.3 Å². The molecule has 2 aliphatic rings. The largest absolute Gasteiger partial charge is 0.497 e. The van der Waals surface area contributed by atoms with E-state index in [1.165, 1.54) is 24.1 Å². The predicted molar refractivity (Wildman–Crippen MR) is 120 cm³/mol. The molecule has 4 rings (SSSR count). The standard InChI is InChI=1S/C25H26F3N3O4/c1-15(16-5-4-6-18(13-16)25(26,27)28)31(19-9-10-19)21(32)14-30-22(33)24(2,29-23(30)34)17-7-11-20(35-3)12-8-17/h4-8,11-13,15,19H,9-10,14H2,1-3H3,(H,29,34). The van der Waals surface area contributed by atoms with Gasteiger partial charge in [-0.25, -0.2) is 4.79 Å². The summed E-state index contributed by atoms with van der Waals surface area (Å²) in [5.74, 6) is -0.492. The molecule has 10 heteroatoms. The third kappa shape index (κ3) is 4.69. The number of nitrogens with one attached hydrogen (secondary N) is 1. The summed E-state index contributed by atoms with van der Waals surface area (Å²) < 4.78 is 44.7. The third-order valence-electron chi connectivity index (χ3n) is 6.58. The van der Waals surface area contributed by atoms with Crippen molar-refractivity contribution in [3.63, 3.8) is 0 Å². The van der Waals surface area contributed by atoms with Crippen LogP contribution < -0.4 is 10.1 Å². The van der Waals surface area contributed by atoms with E-state index in [2.05, 4.69) is 5.32 Å². The van der Waals surface area contributed by atoms with Crippen molar-refractivity contribution < 1.29 is 32.3 Å². The van der Waals surface area contributed by atoms with E-state index in [1.54, 1.807) is 38.1 Å². The number of benzene rings is 2. The van der Waals surface area contributed by atoms with E-state index in [4.69, 9.17) is 4.74 Å². The lowest BCUT2D eigenvalue weighted by atomic mass is 9.92. The first-order valence-corrected chi connectivity index (χ1v) is 11.2. The molecule has 2 unspecified atom stereocenters. The summed E-state index contributed by atoms with van der Waals surface area (Å²) in [6, 6.07) is 9.99. The Morgan fingerprint density at radius 3 is 2.43 bits per heavy atom. The van der Waals surface area contributed by atoms with Crippen molar-refractivity contribution in [2.24, 2.45) is 0 Å². The lowest BCUT2D eigenvalue weighted by Gasteiger charge is -2.31. The van der Waals surface area contributed by atoms with Crippen LogP contribution in [0.1, 0.15) is 49.4 Å². The molecule has 2 aromatic carbocycles. The smallest absolute Gasteiger partial charge is 0.416 e. The zero-order valence-electron chi connectivity index (χ0n) is 19.6. The fraction of sp³-hybridized carbons (Fsp3) is 0.400. The van der Waals surface area contributed by atoms with E-state index in [1.807, 2.05) is 0 Å². The molecule has 2 fully saturated rings. The second kappa shape index (κ2) is 8.90. The van der Waals surface area contributed by atoms with E-state index in [-0.39, 0.29) is 6.04 Å². The Bertz CT molecular complexity index is 1150. The molecule has 35 heavy (non-hydrogen) atoms. The molecule has 1 heterocycles. The maximum atomic E-state index is 13.3. The van der Waals surface area contributed by atoms with Gasteiger partial charge in [0, 0.05) is 6.04 Å². The van der Waals surface area contributed by atoms with E-state index in [0.717, 1.165) is 17.0 Å². The Morgan fingerprint density at radius 2 is 1.86 bits per heavy atom. The number of imide groups is 1. The number of hydrogen-bond acceptors (Lipinski definition) is 4. The minimum absolute atomic E-state index is 0.152. The number of hydrogen-bond donors (Lipinski definition) is 1. The predicted octanol–water partition coefficient (Wildman–Crippen LogP) is 4.23. The molecule has 1 saturated heterocycles. The fourth-order valence-electron chi connectivity index (χ4n) is 4.40. The van der Waals surface area contributed by atoms with E-state index in [0.29, 0.717) is 29.7 Å². The van der Waals surface area contributed by atoms with Crippen molar-refractivity contribution in [3.8, 4) is 5.75 Å². The molecular weight excluding hydrogens is 463 g/mol. The van der Waals surface area contributed by atoms with Crippen molar-refractivity contribution in [3.05, 3.63) is 65.2 Å². The summed E-state index contributed by atoms with van der Waals surface area (Å²) in [5.41, 5.74) is -1.29. The maximum absolute atomic E-state index is 13.3. The lowest BCUT2D eigenvalue weighted by molar-refractivity contribution is -0.140. The number of rotatable bonds is 7. The van der Waals surface area contributed by atoms with Crippen LogP contribution in [0.25, 0.3) is 0 Å². The van der Waals surface area contributed by atoms with Gasteiger partial charge in [0.1, 0.15) is 17.8 Å². The summed E-state index contributed by atoms with van der Waals surface area (Å²) in [4.78, 5) is 41.6. The number of carbonyl (C=O) groups excluding carboxylic acids is 3. The first-order valence-electron chi connectivity index (χ1n) is 11.2. The van der Waals surface area contributed by atoms with Gasteiger partial charge in [-0.3, -0.25) is 14.5 Å². The number of halogens is 3. The molecule has 1 N–H and O–H groups in total. The van der Waals surface area contributed by atoms with Gasteiger partial charge in [0.2, 0.25) is 5.91 Å². The number of amides is 4. The van der Waals surface area contributed by atoms with Crippen molar-refractivity contribution in [2.75, 3.05) is 13.7 Å². The minimum atomic E-state index is -4.50. The summed E-state index contributed by atoms with van der Waals surface area (Å²) in [7, 11) is 1.51. The molecule has 186 valence electrons. The Morgan fingerprint density at radius 1 is 1.20 bits per heavy atom. The molecule has 2 aromatic rings. The van der Waals surface area contributed by atoms with Crippen LogP contribution in [0.5, 0.6) is 5.75 Å². The van der Waals surface area contributed by atoms with Gasteiger partial charge in [-0.1, -0.05) is 24.3 Å². The van der Waals surface area contributed by atoms with Crippen molar-refractivity contribution in [1.82, 2.24) is 15.1 Å². The summed E-state index contributed by atoms with van der Waals surface area (Å²) >= 11 is 0. The molecule has 0 bridgehead atoms. The molecule has 1 aliphatic carbocycles. The number of methoxy groups -OCH3 is 1. The molecule has 4 amide bonds. The van der Waals surface area contributed by atoms with Crippen molar-refractivity contribution >= 4 is 17.8 Å². The fourth-order valence-corrected chi connectivity index (χ4v) is 4.40. The van der Waals surface area contributed by atoms with Crippen molar-refractivity contribution in [2.45, 2.75) is 50.5 Å². The number of urea groups is 1. The van der Waals surface area contributed by atoms with Crippen LogP contribution in [0.2, 0.25) is 0 Å². The van der Waals surface area contributed by atoms with E-state index < -0.39 is 47.7 Å². The number of nitrogens with zero attached hydrogens (tertiary/aromatic N) is 2. The van der Waals surface area contributed by atoms with Gasteiger partial charge in [-0.2, -0.15) is 13.2 Å². The second-order valence-corrected chi connectivity index (χ2v) is 9.01. The molecule has 7 nitrogen and oxygen atoms in total. The number of carbonyl (C=O) groups is 3. The highest BCUT2D eigenvalue weighted by Gasteiger charge is 2.50. The molecule has 0 aromatic heterocycles. The summed E-state index contributed by atoms with van der Waals surface area (Å²) in [6.07, 6.45) is -3.09. The molecular formula is C25H26F3N3O4. The molecule has 0 spiro atoms. The van der Waals surface area contributed by atoms with Gasteiger partial charge in [0.15, 0.2) is 0 Å². The van der Waals surface area contributed by atoms with Gasteiger partial charge < -0.3 is 15.0 Å². The average Bonchev–Trinajstić information content (AvgIpc) is 3.63. The SMILES string of the molecule is COc1ccc(C2(C)NC(=O)N(CC(=O)N(C3CC3)C(C)c3cccc(C(F)(F)F)c3)C2=O)cc1. The Labute approximate surface area is 200 Å². The van der Waals surface area contributed by atoms with Crippen LogP contribution >= 0.6 is 0 Å². The normalized spacial score (nSPS) is 21.0. The highest BCUT2D eigenvalue weighted by molar-refractivity contribution is 6.09. The minimum Gasteiger partial charge on any atom is -0.497 e. The first-order chi connectivity index (χ1) is 16.5. The number of alkyl halides is 3. The van der Waals surface area contributed by atoms with Crippen LogP contribution in [0.4, 0.5) is 18.0 Å². The van der Waals surface area contributed by atoms with Crippen LogP contribution in [0.15, 0.2) is 48.5 Å². The van der Waals surface area contributed by atoms with Gasteiger partial charge in [-0.05, 0) is 62.1 Å². The van der Waals surface area contributed by atoms with Crippen LogP contribution in [-0.4, -0.2) is 47.3 Å². The first kappa shape index (κ1) is 24.6. The monoisotopic (exact) mass is 489 g/mol. The third-order valence-corrected chi connectivity index (χ3v) is 6.58. The average molecular weight is 489 g/mol. The Kier molecular flexibility index (Phi) is 6.25. The van der Waals surface area contributed by atoms with Gasteiger partial charge in [-0.15, -0.1) is 0 Å². The zero-order valence-corrected chi connectivity index (χ0v) is 19.6. The Hall–Kier alpha value is -3.56. The highest BCUT2D eigenvalue weighted by Crippen LogP contribution is 2.37. The second-order valence-electron chi connectivity index (χ2n) is 9.01. The molecule has 1 saturated carbocycles. The Balaban J connectivity index is 1.54. The van der Waals surface area contributed by atoms with Crippen LogP contribution in [0.3, 0.4) is 0 Å². The highest BCUT2D eigenvalue weighted by atomic mass is 19.4. The molecule has 0 radical (unpaired) electrons.